The Morgan fingerprint density at radius 1 is 0.672 bits per heavy atom. The quantitative estimate of drug-likeness (QED) is 0.0959. The minimum absolute atomic E-state index is 0. The van der Waals surface area contributed by atoms with Gasteiger partial charge in [0.2, 0.25) is 0 Å². The van der Waals surface area contributed by atoms with Gasteiger partial charge in [-0.1, -0.05) is 46.4 Å². The second kappa shape index (κ2) is 24.4. The largest absolute Gasteiger partial charge is 0.478 e. The first kappa shape index (κ1) is 51.6. The van der Waals surface area contributed by atoms with Crippen molar-refractivity contribution in [2.45, 2.75) is 47.1 Å². The molecule has 0 saturated heterocycles. The third-order valence-corrected chi connectivity index (χ3v) is 10.9. The monoisotopic (exact) mass is 1010 g/mol. The molecule has 0 spiro atoms. The van der Waals surface area contributed by atoms with Gasteiger partial charge in [-0.2, -0.15) is 0 Å². The number of carboxylic acid groups (broad SMARTS) is 1. The maximum Gasteiger partial charge on any atom is 0.335 e. The molecular weight excluding hydrogens is 961 g/mol. The highest BCUT2D eigenvalue weighted by Gasteiger charge is 2.13. The van der Waals surface area contributed by atoms with Gasteiger partial charge in [0.1, 0.15) is 11.6 Å². The Bertz CT molecular complexity index is 3050. The fourth-order valence-electron chi connectivity index (χ4n) is 6.82. The second-order valence-electron chi connectivity index (χ2n) is 14.8. The summed E-state index contributed by atoms with van der Waals surface area (Å²) in [5, 5.41) is 15.8. The molecule has 6 heterocycles. The van der Waals surface area contributed by atoms with Crippen LogP contribution >= 0.6 is 58.8 Å². The number of carboxylic acids is 1. The van der Waals surface area contributed by atoms with Crippen molar-refractivity contribution in [2.24, 2.45) is 0 Å². The van der Waals surface area contributed by atoms with Crippen molar-refractivity contribution in [1.29, 1.82) is 0 Å². The van der Waals surface area contributed by atoms with Gasteiger partial charge < -0.3 is 27.6 Å². The van der Waals surface area contributed by atoms with Crippen LogP contribution in [-0.4, -0.2) is 54.0 Å². The molecule has 8 aromatic rings. The molecule has 2 aromatic carbocycles. The molecule has 1 amide bonds. The summed E-state index contributed by atoms with van der Waals surface area (Å²) in [6, 6.07) is 21.2. The maximum atomic E-state index is 12.8. The average Bonchev–Trinajstić information content (AvgIpc) is 3.25. The van der Waals surface area contributed by atoms with Crippen LogP contribution in [-0.2, 0) is 19.4 Å². The Morgan fingerprint density at radius 2 is 1.13 bits per heavy atom. The number of alkyl halides is 1. The minimum atomic E-state index is -1.00. The molecule has 67 heavy (non-hydrogen) atoms. The fourth-order valence-corrected chi connectivity index (χ4v) is 7.75. The molecule has 0 aliphatic rings. The molecule has 0 radical (unpaired) electrons. The van der Waals surface area contributed by atoms with Gasteiger partial charge in [-0.05, 0) is 128 Å². The number of aromatic nitrogens is 6. The molecule has 13 nitrogen and oxygen atoms in total. The van der Waals surface area contributed by atoms with Crippen LogP contribution in [0.25, 0.3) is 21.8 Å². The third kappa shape index (κ3) is 14.5. The lowest BCUT2D eigenvalue weighted by Gasteiger charge is -2.12. The highest BCUT2D eigenvalue weighted by Crippen LogP contribution is 2.28. The minimum Gasteiger partial charge on any atom is -0.478 e. The SMILES string of the molecule is Cc1cc(N)nc(C)c1CNC(=O)c1ccnc(Cc2cc(Cl)c3ncc(Cl)cc3c2)c1.Cc1cc(N)nc(C)c1N.Cl.O=C(O)c1ccnc(Cc2cc(Cl)c3ncc(Cl)cc3c2)c1.[2H]CF. The van der Waals surface area contributed by atoms with Crippen LogP contribution in [0, 0.1) is 27.7 Å². The van der Waals surface area contributed by atoms with Crippen LogP contribution in [0.1, 0.15) is 72.7 Å². The van der Waals surface area contributed by atoms with E-state index in [4.69, 9.17) is 70.1 Å². The van der Waals surface area contributed by atoms with Crippen molar-refractivity contribution in [2.75, 3.05) is 24.4 Å². The van der Waals surface area contributed by atoms with E-state index in [0.29, 0.717) is 73.4 Å². The number of rotatable bonds is 8. The number of benzene rings is 2. The molecule has 6 aromatic heterocycles. The van der Waals surface area contributed by atoms with E-state index in [1.165, 1.54) is 12.3 Å². The van der Waals surface area contributed by atoms with E-state index in [1.54, 1.807) is 61.1 Å². The van der Waals surface area contributed by atoms with E-state index >= 15 is 0 Å². The zero-order valence-corrected chi connectivity index (χ0v) is 40.4. The first-order chi connectivity index (χ1) is 31.8. The lowest BCUT2D eigenvalue weighted by Crippen LogP contribution is -2.24. The molecule has 0 unspecified atom stereocenters. The van der Waals surface area contributed by atoms with Crippen LogP contribution in [0.2, 0.25) is 20.1 Å². The normalized spacial score (nSPS) is 10.6. The molecule has 0 atom stereocenters. The summed E-state index contributed by atoms with van der Waals surface area (Å²) < 4.78 is 15.5. The molecule has 0 saturated carbocycles. The summed E-state index contributed by atoms with van der Waals surface area (Å²) in [6.45, 7) is 7.97. The molecule has 0 aliphatic carbocycles. The van der Waals surface area contributed by atoms with Crippen molar-refractivity contribution in [3.05, 3.63) is 179 Å². The zero-order valence-electron chi connectivity index (χ0n) is 37.5. The number of aryl methyl sites for hydroxylation is 4. The first-order valence-electron chi connectivity index (χ1n) is 20.5. The Hall–Kier alpha value is -6.42. The van der Waals surface area contributed by atoms with E-state index in [0.717, 1.165) is 61.4 Å². The van der Waals surface area contributed by atoms with Gasteiger partial charge in [-0.3, -0.25) is 29.1 Å². The predicted molar refractivity (Wildman–Crippen MR) is 271 cm³/mol. The summed E-state index contributed by atoms with van der Waals surface area (Å²) in [5.74, 6) is -0.155. The number of anilines is 3. The Labute approximate surface area is 414 Å². The van der Waals surface area contributed by atoms with Gasteiger partial charge in [0, 0.05) is 77.6 Å². The number of halogens is 6. The summed E-state index contributed by atoms with van der Waals surface area (Å²) in [6.07, 6.45) is 7.23. The number of nitrogens with zero attached hydrogens (tertiary/aromatic N) is 6. The highest BCUT2D eigenvalue weighted by molar-refractivity contribution is 6.36. The van der Waals surface area contributed by atoms with Gasteiger partial charge in [0.15, 0.2) is 0 Å². The van der Waals surface area contributed by atoms with E-state index in [1.807, 2.05) is 52.0 Å². The van der Waals surface area contributed by atoms with Crippen molar-refractivity contribution in [1.82, 2.24) is 35.2 Å². The van der Waals surface area contributed by atoms with E-state index in [-0.39, 0.29) is 23.9 Å². The number of carbonyl (C=O) groups is 2. The van der Waals surface area contributed by atoms with Crippen LogP contribution in [0.3, 0.4) is 0 Å². The topological polar surface area (TPSA) is 222 Å². The van der Waals surface area contributed by atoms with Crippen molar-refractivity contribution in [3.8, 4) is 0 Å². The number of nitrogens with one attached hydrogen (secondary N) is 1. The summed E-state index contributed by atoms with van der Waals surface area (Å²) in [4.78, 5) is 49.1. The number of pyridine rings is 6. The van der Waals surface area contributed by atoms with Gasteiger partial charge >= 0.3 is 5.97 Å². The third-order valence-electron chi connectivity index (χ3n) is 9.91. The van der Waals surface area contributed by atoms with Crippen molar-refractivity contribution < 1.29 is 20.5 Å². The van der Waals surface area contributed by atoms with Gasteiger partial charge in [0.05, 0.1) is 56.6 Å². The molecule has 8 N–H and O–H groups in total. The van der Waals surface area contributed by atoms with Gasteiger partial charge in [-0.15, -0.1) is 12.4 Å². The molecule has 0 aliphatic heterocycles. The Balaban J connectivity index is 0.000000241. The molecule has 8 rings (SSSR count). The number of nitrogens with two attached hydrogens (primary N) is 3. The van der Waals surface area contributed by atoms with E-state index in [2.05, 4.69) is 35.2 Å². The number of carbonyl (C=O) groups excluding carboxylic acids is 1. The number of hydrogen-bond acceptors (Lipinski definition) is 11. The lowest BCUT2D eigenvalue weighted by molar-refractivity contribution is 0.0696. The Kier molecular flexibility index (Phi) is 18.8. The highest BCUT2D eigenvalue weighted by atomic mass is 35.5. The zero-order chi connectivity index (χ0) is 48.9. The number of amides is 1. The standard InChI is InChI=1S/C24H21Cl2N5O.C16H10Cl2N2O2.C7H11N3.CH3F.ClH/c1-13-5-22(27)31-14(2)20(13)12-30-24(32)16-3-4-28-19(10-16)7-15-6-17-9-18(25)11-29-23(17)21(26)8-15;17-12-6-11-3-9(5-14(18)15(11)20-8-12)4-13-7-10(16(21)22)1-2-19-13;1-4-3-6(8)10-5(2)7(4)9;1-2;/h3-6,8-11H,7,12H2,1-2H3,(H2,27,31)(H,30,32);1-3,5-8H,4H2,(H,21,22);3H,9H2,1-2H3,(H2,8,10);1H3;1H/i;;;1D;. The van der Waals surface area contributed by atoms with Crippen LogP contribution < -0.4 is 22.5 Å². The molecular formula is C48H46Cl5FN10O3. The van der Waals surface area contributed by atoms with E-state index in [9.17, 15) is 14.0 Å². The molecule has 348 valence electrons. The number of fused-ring (bicyclic) bond motifs is 2. The predicted octanol–water partition coefficient (Wildman–Crippen LogP) is 11.1. The number of hydrogen-bond donors (Lipinski definition) is 5. The van der Waals surface area contributed by atoms with Gasteiger partial charge in [-0.25, -0.2) is 14.8 Å². The van der Waals surface area contributed by atoms with E-state index < -0.39 is 13.1 Å². The van der Waals surface area contributed by atoms with Crippen LogP contribution in [0.4, 0.5) is 21.7 Å². The molecule has 19 heteroatoms. The van der Waals surface area contributed by atoms with Gasteiger partial charge in [0.25, 0.3) is 5.91 Å². The molecule has 0 bridgehead atoms. The number of aromatic carboxylic acids is 1. The smallest absolute Gasteiger partial charge is 0.335 e. The Morgan fingerprint density at radius 3 is 1.61 bits per heavy atom. The second-order valence-corrected chi connectivity index (χ2v) is 16.5. The molecule has 0 fully saturated rings. The van der Waals surface area contributed by atoms with Crippen molar-refractivity contribution >= 4 is 110 Å². The fraction of sp³-hybridized carbons (Fsp3) is 0.167. The maximum absolute atomic E-state index is 12.8. The number of nitrogen functional groups attached to an aromatic ring is 3. The summed E-state index contributed by atoms with van der Waals surface area (Å²) in [5.41, 5.74) is 27.6. The average molecular weight is 1010 g/mol. The lowest BCUT2D eigenvalue weighted by atomic mass is 10.0. The van der Waals surface area contributed by atoms with Crippen LogP contribution in [0.15, 0.2) is 97.6 Å². The first-order valence-corrected chi connectivity index (χ1v) is 21.3. The van der Waals surface area contributed by atoms with Crippen molar-refractivity contribution in [3.63, 3.8) is 0 Å². The van der Waals surface area contributed by atoms with Crippen LogP contribution in [0.5, 0.6) is 0 Å². The summed E-state index contributed by atoms with van der Waals surface area (Å²) in [7, 11) is -1.00. The summed E-state index contributed by atoms with van der Waals surface area (Å²) >= 11 is 24.7.